The van der Waals surface area contributed by atoms with Crippen LogP contribution in [0.5, 0.6) is 5.88 Å². The van der Waals surface area contributed by atoms with Crippen LogP contribution >= 0.6 is 0 Å². The van der Waals surface area contributed by atoms with Crippen molar-refractivity contribution < 1.29 is 17.9 Å². The summed E-state index contributed by atoms with van der Waals surface area (Å²) in [4.78, 5) is 16.6. The number of hydrogen-bond acceptors (Lipinski definition) is 5. The van der Waals surface area contributed by atoms with Gasteiger partial charge in [-0.2, -0.15) is 0 Å². The Kier molecular flexibility index (Phi) is 6.61. The van der Waals surface area contributed by atoms with E-state index in [1.165, 1.54) is 18.3 Å². The number of nitrogens with one attached hydrogen (secondary N) is 1. The first-order valence-electron chi connectivity index (χ1n) is 9.19. The highest BCUT2D eigenvalue weighted by molar-refractivity contribution is 7.91. The molecule has 1 amide bonds. The zero-order valence-electron chi connectivity index (χ0n) is 16.0. The van der Waals surface area contributed by atoms with Gasteiger partial charge in [0, 0.05) is 18.8 Å². The van der Waals surface area contributed by atoms with Gasteiger partial charge < -0.3 is 10.1 Å². The van der Waals surface area contributed by atoms with E-state index < -0.39 is 9.84 Å². The number of benzene rings is 2. The lowest BCUT2D eigenvalue weighted by Gasteiger charge is -2.14. The molecule has 0 fully saturated rings. The van der Waals surface area contributed by atoms with Gasteiger partial charge in [-0.05, 0) is 30.7 Å². The predicted octanol–water partition coefficient (Wildman–Crippen LogP) is 3.43. The molecule has 150 valence electrons. The van der Waals surface area contributed by atoms with Gasteiger partial charge in [-0.1, -0.05) is 48.5 Å². The number of carbonyl (C=O) groups excluding carboxylic acids is 1. The van der Waals surface area contributed by atoms with Crippen LogP contribution in [0.1, 0.15) is 28.9 Å². The molecule has 0 bridgehead atoms. The summed E-state index contributed by atoms with van der Waals surface area (Å²) in [6.45, 7) is 1.93. The van der Waals surface area contributed by atoms with Crippen LogP contribution in [0.3, 0.4) is 0 Å². The molecule has 0 radical (unpaired) electrons. The summed E-state index contributed by atoms with van der Waals surface area (Å²) in [5, 5.41) is 2.61. The fourth-order valence-electron chi connectivity index (χ4n) is 2.70. The van der Waals surface area contributed by atoms with E-state index in [0.29, 0.717) is 11.4 Å². The van der Waals surface area contributed by atoms with E-state index in [1.54, 1.807) is 30.3 Å². The van der Waals surface area contributed by atoms with Crippen molar-refractivity contribution in [3.05, 3.63) is 90.1 Å². The molecule has 0 saturated carbocycles. The zero-order chi connectivity index (χ0) is 20.7. The standard InChI is InChI=1S/C22H22N2O4S/c1-17(18-8-4-2-5-9-18)28-21-13-12-19(16-24-21)22(25)23-14-15-29(26,27)20-10-6-3-7-11-20/h2-13,16-17H,14-15H2,1H3,(H,23,25). The molecule has 7 heteroatoms. The van der Waals surface area contributed by atoms with Gasteiger partial charge in [0.1, 0.15) is 6.10 Å². The number of ether oxygens (including phenoxy) is 1. The molecule has 1 heterocycles. The minimum atomic E-state index is -3.44. The Morgan fingerprint density at radius 3 is 2.28 bits per heavy atom. The van der Waals surface area contributed by atoms with E-state index >= 15 is 0 Å². The summed E-state index contributed by atoms with van der Waals surface area (Å²) in [5.41, 5.74) is 1.36. The molecule has 0 spiro atoms. The topological polar surface area (TPSA) is 85.4 Å². The number of pyridine rings is 1. The van der Waals surface area contributed by atoms with E-state index in [9.17, 15) is 13.2 Å². The molecule has 1 aromatic heterocycles. The monoisotopic (exact) mass is 410 g/mol. The number of amides is 1. The number of aromatic nitrogens is 1. The molecule has 1 atom stereocenters. The van der Waals surface area contributed by atoms with Crippen molar-refractivity contribution >= 4 is 15.7 Å². The van der Waals surface area contributed by atoms with Crippen LogP contribution in [0.15, 0.2) is 83.9 Å². The number of nitrogens with zero attached hydrogens (tertiary/aromatic N) is 1. The van der Waals surface area contributed by atoms with Gasteiger partial charge in [0.05, 0.1) is 16.2 Å². The van der Waals surface area contributed by atoms with Gasteiger partial charge in [-0.25, -0.2) is 13.4 Å². The van der Waals surface area contributed by atoms with Crippen molar-refractivity contribution in [1.29, 1.82) is 0 Å². The Morgan fingerprint density at radius 1 is 1.00 bits per heavy atom. The Labute approximate surface area is 170 Å². The van der Waals surface area contributed by atoms with Gasteiger partial charge in [0.15, 0.2) is 9.84 Å². The van der Waals surface area contributed by atoms with Crippen LogP contribution in [-0.2, 0) is 9.84 Å². The van der Waals surface area contributed by atoms with Gasteiger partial charge in [0.2, 0.25) is 5.88 Å². The lowest BCUT2D eigenvalue weighted by atomic mass is 10.1. The normalized spacial score (nSPS) is 12.2. The summed E-state index contributed by atoms with van der Waals surface area (Å²) in [5.74, 6) is -0.153. The summed E-state index contributed by atoms with van der Waals surface area (Å²) >= 11 is 0. The molecule has 2 aromatic carbocycles. The predicted molar refractivity (Wildman–Crippen MR) is 111 cm³/mol. The Morgan fingerprint density at radius 2 is 1.66 bits per heavy atom. The fraction of sp³-hybridized carbons (Fsp3) is 0.182. The van der Waals surface area contributed by atoms with E-state index in [-0.39, 0.29) is 29.2 Å². The van der Waals surface area contributed by atoms with Crippen LogP contribution in [0.25, 0.3) is 0 Å². The molecular formula is C22H22N2O4S. The molecule has 29 heavy (non-hydrogen) atoms. The molecule has 3 aromatic rings. The third-order valence-corrected chi connectivity index (χ3v) is 6.06. The smallest absolute Gasteiger partial charge is 0.252 e. The Bertz CT molecular complexity index is 1040. The molecule has 0 saturated heterocycles. The second-order valence-electron chi connectivity index (χ2n) is 6.44. The maximum atomic E-state index is 12.2. The van der Waals surface area contributed by atoms with Crippen LogP contribution in [0, 0.1) is 0 Å². The van der Waals surface area contributed by atoms with E-state index in [2.05, 4.69) is 10.3 Å². The van der Waals surface area contributed by atoms with Gasteiger partial charge >= 0.3 is 0 Å². The van der Waals surface area contributed by atoms with E-state index in [4.69, 9.17) is 4.74 Å². The number of rotatable bonds is 8. The van der Waals surface area contributed by atoms with E-state index in [1.807, 2.05) is 37.3 Å². The molecular weight excluding hydrogens is 388 g/mol. The highest BCUT2D eigenvalue weighted by atomic mass is 32.2. The zero-order valence-corrected chi connectivity index (χ0v) is 16.8. The molecule has 0 aliphatic heterocycles. The average Bonchev–Trinajstić information content (AvgIpc) is 2.75. The molecule has 0 aliphatic rings. The van der Waals surface area contributed by atoms with Crippen molar-refractivity contribution in [2.45, 2.75) is 17.9 Å². The van der Waals surface area contributed by atoms with E-state index in [0.717, 1.165) is 5.56 Å². The summed E-state index contributed by atoms with van der Waals surface area (Å²) in [6.07, 6.45) is 1.24. The molecule has 3 rings (SSSR count). The largest absolute Gasteiger partial charge is 0.470 e. The first-order chi connectivity index (χ1) is 14.0. The van der Waals surface area contributed by atoms with Gasteiger partial charge in [0.25, 0.3) is 5.91 Å². The van der Waals surface area contributed by atoms with Crippen LogP contribution in [-0.4, -0.2) is 31.6 Å². The first kappa shape index (κ1) is 20.5. The van der Waals surface area contributed by atoms with Gasteiger partial charge in [-0.15, -0.1) is 0 Å². The molecule has 6 nitrogen and oxygen atoms in total. The maximum Gasteiger partial charge on any atom is 0.252 e. The van der Waals surface area contributed by atoms with Crippen molar-refractivity contribution in [3.8, 4) is 5.88 Å². The Hall–Kier alpha value is -3.19. The fourth-order valence-corrected chi connectivity index (χ4v) is 3.88. The third-order valence-electron chi connectivity index (χ3n) is 4.32. The van der Waals surface area contributed by atoms with Crippen molar-refractivity contribution in [2.24, 2.45) is 0 Å². The summed E-state index contributed by atoms with van der Waals surface area (Å²) in [7, 11) is -3.44. The van der Waals surface area contributed by atoms with Crippen molar-refractivity contribution in [1.82, 2.24) is 10.3 Å². The number of hydrogen-bond donors (Lipinski definition) is 1. The van der Waals surface area contributed by atoms with Crippen LogP contribution in [0.4, 0.5) is 0 Å². The minimum Gasteiger partial charge on any atom is -0.470 e. The van der Waals surface area contributed by atoms with Gasteiger partial charge in [-0.3, -0.25) is 4.79 Å². The quantitative estimate of drug-likeness (QED) is 0.615. The lowest BCUT2D eigenvalue weighted by Crippen LogP contribution is -2.29. The van der Waals surface area contributed by atoms with Crippen LogP contribution < -0.4 is 10.1 Å². The summed E-state index contributed by atoms with van der Waals surface area (Å²) < 4.78 is 30.3. The highest BCUT2D eigenvalue weighted by Crippen LogP contribution is 2.19. The molecule has 1 N–H and O–H groups in total. The summed E-state index contributed by atoms with van der Waals surface area (Å²) in [6, 6.07) is 21.1. The first-order valence-corrected chi connectivity index (χ1v) is 10.8. The highest BCUT2D eigenvalue weighted by Gasteiger charge is 2.15. The maximum absolute atomic E-state index is 12.2. The number of sulfone groups is 1. The second kappa shape index (κ2) is 9.34. The lowest BCUT2D eigenvalue weighted by molar-refractivity contribution is 0.0955. The molecule has 0 aliphatic carbocycles. The number of carbonyl (C=O) groups is 1. The average molecular weight is 410 g/mol. The second-order valence-corrected chi connectivity index (χ2v) is 8.55. The van der Waals surface area contributed by atoms with Crippen molar-refractivity contribution in [2.75, 3.05) is 12.3 Å². The van der Waals surface area contributed by atoms with Crippen LogP contribution in [0.2, 0.25) is 0 Å². The third kappa shape index (κ3) is 5.65. The Balaban J connectivity index is 1.53. The SMILES string of the molecule is CC(Oc1ccc(C(=O)NCCS(=O)(=O)c2ccccc2)cn1)c1ccccc1. The minimum absolute atomic E-state index is 0.0132. The van der Waals surface area contributed by atoms with Crippen molar-refractivity contribution in [3.63, 3.8) is 0 Å². The molecule has 1 unspecified atom stereocenters.